The van der Waals surface area contributed by atoms with Gasteiger partial charge in [0.15, 0.2) is 11.5 Å². The Hall–Kier alpha value is -2.48. The lowest BCUT2D eigenvalue weighted by atomic mass is 10.1. The molecule has 0 aliphatic rings. The fourth-order valence-corrected chi connectivity index (χ4v) is 1.84. The molecule has 1 aromatic rings. The number of carbonyl (C=O) groups excluding carboxylic acids is 1. The molecule has 1 aromatic carbocycles. The van der Waals surface area contributed by atoms with Crippen LogP contribution < -0.4 is 14.8 Å². The van der Waals surface area contributed by atoms with Gasteiger partial charge < -0.3 is 14.8 Å². The highest BCUT2D eigenvalue weighted by Crippen LogP contribution is 2.28. The molecule has 0 spiro atoms. The first-order chi connectivity index (χ1) is 10.7. The van der Waals surface area contributed by atoms with Gasteiger partial charge in [-0.1, -0.05) is 19.4 Å². The second kappa shape index (κ2) is 9.46. The zero-order valence-corrected chi connectivity index (χ0v) is 13.3. The lowest BCUT2D eigenvalue weighted by Gasteiger charge is -2.10. The van der Waals surface area contributed by atoms with Gasteiger partial charge in [-0.2, -0.15) is 5.26 Å². The van der Waals surface area contributed by atoms with Gasteiger partial charge in [0.05, 0.1) is 13.7 Å². The number of carbonyl (C=O) groups is 1. The molecule has 0 heterocycles. The van der Waals surface area contributed by atoms with Crippen LogP contribution in [0.2, 0.25) is 0 Å². The number of ether oxygens (including phenoxy) is 2. The van der Waals surface area contributed by atoms with Crippen molar-refractivity contribution < 1.29 is 14.3 Å². The van der Waals surface area contributed by atoms with E-state index in [0.29, 0.717) is 30.2 Å². The molecule has 22 heavy (non-hydrogen) atoms. The molecule has 118 valence electrons. The normalized spacial score (nSPS) is 10.7. The number of nitrogens with one attached hydrogen (secondary N) is 1. The highest BCUT2D eigenvalue weighted by Gasteiger charge is 2.10. The number of benzene rings is 1. The Bertz CT molecular complexity index is 574. The lowest BCUT2D eigenvalue weighted by molar-refractivity contribution is -0.117. The summed E-state index contributed by atoms with van der Waals surface area (Å²) in [6, 6.07) is 7.21. The van der Waals surface area contributed by atoms with E-state index < -0.39 is 0 Å². The Balaban J connectivity index is 2.93. The van der Waals surface area contributed by atoms with Gasteiger partial charge in [0, 0.05) is 6.54 Å². The first kappa shape index (κ1) is 17.6. The van der Waals surface area contributed by atoms with Crippen molar-refractivity contribution in [1.29, 1.82) is 5.26 Å². The van der Waals surface area contributed by atoms with E-state index in [9.17, 15) is 4.79 Å². The minimum absolute atomic E-state index is 0.0716. The SMILES string of the molecule is CCCCNC(=O)/C(C#N)=C/c1ccc(OCC)c(OC)c1. The van der Waals surface area contributed by atoms with Crippen LogP contribution in [0.25, 0.3) is 6.08 Å². The Kier molecular flexibility index (Phi) is 7.55. The number of nitrogens with zero attached hydrogens (tertiary/aromatic N) is 1. The molecule has 5 heteroatoms. The number of nitriles is 1. The molecule has 0 bridgehead atoms. The fraction of sp³-hybridized carbons (Fsp3) is 0.412. The number of unbranched alkanes of at least 4 members (excludes halogenated alkanes) is 1. The maximum absolute atomic E-state index is 11.9. The third-order valence-electron chi connectivity index (χ3n) is 2.98. The van der Waals surface area contributed by atoms with Crippen LogP contribution in [0.3, 0.4) is 0 Å². The highest BCUT2D eigenvalue weighted by atomic mass is 16.5. The second-order valence-corrected chi connectivity index (χ2v) is 4.62. The Morgan fingerprint density at radius 2 is 2.14 bits per heavy atom. The quantitative estimate of drug-likeness (QED) is 0.455. The first-order valence-corrected chi connectivity index (χ1v) is 7.37. The summed E-state index contributed by atoms with van der Waals surface area (Å²) in [6.07, 6.45) is 3.42. The zero-order chi connectivity index (χ0) is 16.4. The summed E-state index contributed by atoms with van der Waals surface area (Å²) >= 11 is 0. The van der Waals surface area contributed by atoms with Crippen molar-refractivity contribution in [3.8, 4) is 17.6 Å². The molecule has 5 nitrogen and oxygen atoms in total. The predicted molar refractivity (Wildman–Crippen MR) is 85.7 cm³/mol. The van der Waals surface area contributed by atoms with Gasteiger partial charge in [-0.3, -0.25) is 4.79 Å². The van der Waals surface area contributed by atoms with Crippen LogP contribution in [-0.4, -0.2) is 26.2 Å². The van der Waals surface area contributed by atoms with Crippen LogP contribution >= 0.6 is 0 Å². The topological polar surface area (TPSA) is 71.4 Å². The van der Waals surface area contributed by atoms with E-state index in [4.69, 9.17) is 14.7 Å². The van der Waals surface area contributed by atoms with Crippen LogP contribution in [-0.2, 0) is 4.79 Å². The predicted octanol–water partition coefficient (Wildman–Crippen LogP) is 2.92. The summed E-state index contributed by atoms with van der Waals surface area (Å²) in [5, 5.41) is 11.9. The van der Waals surface area contributed by atoms with Gasteiger partial charge in [0.2, 0.25) is 0 Å². The molecule has 0 radical (unpaired) electrons. The summed E-state index contributed by atoms with van der Waals surface area (Å²) in [4.78, 5) is 11.9. The standard InChI is InChI=1S/C17H22N2O3/c1-4-6-9-19-17(20)14(12-18)10-13-7-8-15(22-5-2)16(11-13)21-3/h7-8,10-11H,4-6,9H2,1-3H3,(H,19,20)/b14-10+. The summed E-state index contributed by atoms with van der Waals surface area (Å²) in [5.74, 6) is 0.844. The van der Waals surface area contributed by atoms with Crippen molar-refractivity contribution >= 4 is 12.0 Å². The number of methoxy groups -OCH3 is 1. The van der Waals surface area contributed by atoms with Gasteiger partial charge in [0.25, 0.3) is 5.91 Å². The Morgan fingerprint density at radius 1 is 1.36 bits per heavy atom. The molecule has 1 N–H and O–H groups in total. The summed E-state index contributed by atoms with van der Waals surface area (Å²) in [5.41, 5.74) is 0.782. The third kappa shape index (κ3) is 5.13. The number of amides is 1. The summed E-state index contributed by atoms with van der Waals surface area (Å²) in [6.45, 7) is 5.04. The smallest absolute Gasteiger partial charge is 0.261 e. The molecule has 0 saturated heterocycles. The Labute approximate surface area is 131 Å². The maximum atomic E-state index is 11.9. The maximum Gasteiger partial charge on any atom is 0.261 e. The minimum atomic E-state index is -0.358. The van der Waals surface area contributed by atoms with Crippen LogP contribution in [0.4, 0.5) is 0 Å². The van der Waals surface area contributed by atoms with Crippen molar-refractivity contribution in [1.82, 2.24) is 5.32 Å². The molecular formula is C17H22N2O3. The van der Waals surface area contributed by atoms with Crippen molar-refractivity contribution in [2.45, 2.75) is 26.7 Å². The van der Waals surface area contributed by atoms with E-state index in [-0.39, 0.29) is 11.5 Å². The van der Waals surface area contributed by atoms with Crippen molar-refractivity contribution in [3.05, 3.63) is 29.3 Å². The highest BCUT2D eigenvalue weighted by molar-refractivity contribution is 6.01. The molecule has 1 rings (SSSR count). The van der Waals surface area contributed by atoms with Crippen molar-refractivity contribution in [2.24, 2.45) is 0 Å². The van der Waals surface area contributed by atoms with Crippen LogP contribution in [0.1, 0.15) is 32.3 Å². The number of hydrogen-bond donors (Lipinski definition) is 1. The molecule has 0 aromatic heterocycles. The average molecular weight is 302 g/mol. The summed E-state index contributed by atoms with van der Waals surface area (Å²) in [7, 11) is 1.55. The monoisotopic (exact) mass is 302 g/mol. The van der Waals surface area contributed by atoms with E-state index >= 15 is 0 Å². The van der Waals surface area contributed by atoms with Crippen LogP contribution in [0.5, 0.6) is 11.5 Å². The van der Waals surface area contributed by atoms with Gasteiger partial charge in [0.1, 0.15) is 11.6 Å². The van der Waals surface area contributed by atoms with E-state index in [1.165, 1.54) is 0 Å². The number of rotatable bonds is 8. The molecule has 0 atom stereocenters. The molecular weight excluding hydrogens is 280 g/mol. The molecule has 0 saturated carbocycles. The van der Waals surface area contributed by atoms with Gasteiger partial charge in [-0.05, 0) is 37.1 Å². The summed E-state index contributed by atoms with van der Waals surface area (Å²) < 4.78 is 10.7. The van der Waals surface area contributed by atoms with Gasteiger partial charge >= 0.3 is 0 Å². The average Bonchev–Trinajstić information content (AvgIpc) is 2.54. The molecule has 0 unspecified atom stereocenters. The number of hydrogen-bond acceptors (Lipinski definition) is 4. The second-order valence-electron chi connectivity index (χ2n) is 4.62. The van der Waals surface area contributed by atoms with Crippen LogP contribution in [0.15, 0.2) is 23.8 Å². The van der Waals surface area contributed by atoms with E-state index in [1.807, 2.05) is 19.9 Å². The van der Waals surface area contributed by atoms with E-state index in [0.717, 1.165) is 12.8 Å². The fourth-order valence-electron chi connectivity index (χ4n) is 1.84. The lowest BCUT2D eigenvalue weighted by Crippen LogP contribution is -2.25. The Morgan fingerprint density at radius 3 is 2.73 bits per heavy atom. The largest absolute Gasteiger partial charge is 0.493 e. The van der Waals surface area contributed by atoms with E-state index in [1.54, 1.807) is 31.4 Å². The zero-order valence-electron chi connectivity index (χ0n) is 13.3. The first-order valence-electron chi connectivity index (χ1n) is 7.37. The van der Waals surface area contributed by atoms with Crippen molar-refractivity contribution in [2.75, 3.05) is 20.3 Å². The molecule has 1 amide bonds. The molecule has 0 aliphatic heterocycles. The molecule has 0 aliphatic carbocycles. The van der Waals surface area contributed by atoms with Gasteiger partial charge in [-0.15, -0.1) is 0 Å². The third-order valence-corrected chi connectivity index (χ3v) is 2.98. The minimum Gasteiger partial charge on any atom is -0.493 e. The van der Waals surface area contributed by atoms with Gasteiger partial charge in [-0.25, -0.2) is 0 Å². The van der Waals surface area contributed by atoms with E-state index in [2.05, 4.69) is 5.32 Å². The molecule has 0 fully saturated rings. The van der Waals surface area contributed by atoms with Crippen molar-refractivity contribution in [3.63, 3.8) is 0 Å². The van der Waals surface area contributed by atoms with Crippen LogP contribution in [0, 0.1) is 11.3 Å².